The number of benzene rings is 1. The molecule has 0 radical (unpaired) electrons. The maximum Gasteiger partial charge on any atom is 0.317 e. The van der Waals surface area contributed by atoms with Crippen LogP contribution in [0.4, 0.5) is 0 Å². The molecule has 0 heterocycles. The van der Waals surface area contributed by atoms with Crippen molar-refractivity contribution in [3.8, 4) is 0 Å². The summed E-state index contributed by atoms with van der Waals surface area (Å²) in [5.41, 5.74) is 6.68. The fourth-order valence-electron chi connectivity index (χ4n) is 2.77. The fraction of sp³-hybridized carbons (Fsp3) is 0.467. The molecule has 3 N–H and O–H groups in total. The fourth-order valence-corrected chi connectivity index (χ4v) is 2.77. The third-order valence-electron chi connectivity index (χ3n) is 3.80. The second-order valence-electron chi connectivity index (χ2n) is 5.30. The van der Waals surface area contributed by atoms with Crippen LogP contribution in [0.15, 0.2) is 24.3 Å². The molecule has 108 valence electrons. The standard InChI is InChI=1S/C15H20N2O3/c16-15(20)12-7-5-11(6-8-12)9-17(10-14(18)19)13-3-1-2-4-13/h5-8,13H,1-4,9-10H2,(H2,16,20)(H,18,19). The number of hydrogen-bond donors (Lipinski definition) is 2. The minimum atomic E-state index is -0.800. The van der Waals surface area contributed by atoms with Crippen molar-refractivity contribution in [1.82, 2.24) is 4.90 Å². The lowest BCUT2D eigenvalue weighted by Gasteiger charge is -2.27. The van der Waals surface area contributed by atoms with Gasteiger partial charge in [-0.2, -0.15) is 0 Å². The predicted molar refractivity (Wildman–Crippen MR) is 75.3 cm³/mol. The monoisotopic (exact) mass is 276 g/mol. The molecule has 1 saturated carbocycles. The molecule has 1 aliphatic carbocycles. The summed E-state index contributed by atoms with van der Waals surface area (Å²) >= 11 is 0. The van der Waals surface area contributed by atoms with Gasteiger partial charge < -0.3 is 10.8 Å². The second-order valence-corrected chi connectivity index (χ2v) is 5.30. The van der Waals surface area contributed by atoms with Crippen molar-refractivity contribution < 1.29 is 14.7 Å². The molecule has 2 rings (SSSR count). The highest BCUT2D eigenvalue weighted by atomic mass is 16.4. The Hall–Kier alpha value is -1.88. The first-order valence-electron chi connectivity index (χ1n) is 6.91. The molecule has 5 nitrogen and oxygen atoms in total. The SMILES string of the molecule is NC(=O)c1ccc(CN(CC(=O)O)C2CCCC2)cc1. The van der Waals surface area contributed by atoms with E-state index < -0.39 is 11.9 Å². The van der Waals surface area contributed by atoms with Crippen LogP contribution in [0.1, 0.15) is 41.6 Å². The van der Waals surface area contributed by atoms with E-state index in [-0.39, 0.29) is 6.54 Å². The van der Waals surface area contributed by atoms with Crippen molar-refractivity contribution in [2.24, 2.45) is 5.73 Å². The Morgan fingerprint density at radius 1 is 1.20 bits per heavy atom. The van der Waals surface area contributed by atoms with E-state index >= 15 is 0 Å². The zero-order valence-corrected chi connectivity index (χ0v) is 11.4. The normalized spacial score (nSPS) is 15.7. The summed E-state index contributed by atoms with van der Waals surface area (Å²) in [4.78, 5) is 24.0. The Bertz CT molecular complexity index is 478. The summed E-state index contributed by atoms with van der Waals surface area (Å²) in [7, 11) is 0. The number of carboxylic acid groups (broad SMARTS) is 1. The molecular weight excluding hydrogens is 256 g/mol. The van der Waals surface area contributed by atoms with Crippen LogP contribution in [0.5, 0.6) is 0 Å². The molecule has 20 heavy (non-hydrogen) atoms. The van der Waals surface area contributed by atoms with Gasteiger partial charge >= 0.3 is 5.97 Å². The van der Waals surface area contributed by atoms with E-state index in [9.17, 15) is 9.59 Å². The molecule has 1 aliphatic rings. The van der Waals surface area contributed by atoms with Gasteiger partial charge in [0.05, 0.1) is 6.54 Å². The quantitative estimate of drug-likeness (QED) is 0.827. The van der Waals surface area contributed by atoms with Crippen molar-refractivity contribution in [3.63, 3.8) is 0 Å². The Labute approximate surface area is 118 Å². The molecule has 0 unspecified atom stereocenters. The minimum absolute atomic E-state index is 0.0578. The Morgan fingerprint density at radius 2 is 1.80 bits per heavy atom. The maximum absolute atomic E-state index is 11.0. The maximum atomic E-state index is 11.0. The summed E-state index contributed by atoms with van der Waals surface area (Å²) in [6.45, 7) is 0.651. The number of rotatable bonds is 6. The number of primary amides is 1. The summed E-state index contributed by atoms with van der Waals surface area (Å²) in [5, 5.41) is 9.04. The molecule has 0 aliphatic heterocycles. The van der Waals surface area contributed by atoms with E-state index in [1.165, 1.54) is 12.8 Å². The zero-order valence-electron chi connectivity index (χ0n) is 11.4. The first-order chi connectivity index (χ1) is 9.56. The van der Waals surface area contributed by atoms with Crippen LogP contribution in [0.2, 0.25) is 0 Å². The third kappa shape index (κ3) is 3.81. The van der Waals surface area contributed by atoms with Crippen LogP contribution in [-0.4, -0.2) is 34.5 Å². The van der Waals surface area contributed by atoms with Crippen molar-refractivity contribution in [1.29, 1.82) is 0 Å². The molecular formula is C15H20N2O3. The minimum Gasteiger partial charge on any atom is -0.480 e. The molecule has 0 aromatic heterocycles. The highest BCUT2D eigenvalue weighted by Crippen LogP contribution is 2.24. The highest BCUT2D eigenvalue weighted by molar-refractivity contribution is 5.92. The van der Waals surface area contributed by atoms with Gasteiger partial charge in [-0.05, 0) is 30.5 Å². The number of hydrogen-bond acceptors (Lipinski definition) is 3. The van der Waals surface area contributed by atoms with Crippen LogP contribution in [0.25, 0.3) is 0 Å². The summed E-state index contributed by atoms with van der Waals surface area (Å²) in [6.07, 6.45) is 4.46. The number of amides is 1. The van der Waals surface area contributed by atoms with Gasteiger partial charge in [0.15, 0.2) is 0 Å². The van der Waals surface area contributed by atoms with Crippen LogP contribution >= 0.6 is 0 Å². The van der Waals surface area contributed by atoms with Gasteiger partial charge in [0.1, 0.15) is 0 Å². The van der Waals surface area contributed by atoms with E-state index in [0.29, 0.717) is 18.2 Å². The van der Waals surface area contributed by atoms with Gasteiger partial charge in [-0.1, -0.05) is 25.0 Å². The van der Waals surface area contributed by atoms with E-state index in [4.69, 9.17) is 10.8 Å². The van der Waals surface area contributed by atoms with Crippen LogP contribution in [0, 0.1) is 0 Å². The molecule has 0 saturated heterocycles. The average molecular weight is 276 g/mol. The van der Waals surface area contributed by atoms with Crippen molar-refractivity contribution in [2.45, 2.75) is 38.3 Å². The molecule has 1 aromatic rings. The molecule has 5 heteroatoms. The highest BCUT2D eigenvalue weighted by Gasteiger charge is 2.24. The Morgan fingerprint density at radius 3 is 2.30 bits per heavy atom. The van der Waals surface area contributed by atoms with Gasteiger partial charge in [0, 0.05) is 18.2 Å². The third-order valence-corrected chi connectivity index (χ3v) is 3.80. The topological polar surface area (TPSA) is 83.6 Å². The van der Waals surface area contributed by atoms with Crippen LogP contribution in [-0.2, 0) is 11.3 Å². The van der Waals surface area contributed by atoms with Crippen molar-refractivity contribution in [3.05, 3.63) is 35.4 Å². The Balaban J connectivity index is 2.06. The molecule has 0 atom stereocenters. The lowest BCUT2D eigenvalue weighted by atomic mass is 10.1. The van der Waals surface area contributed by atoms with E-state index in [0.717, 1.165) is 18.4 Å². The lowest BCUT2D eigenvalue weighted by molar-refractivity contribution is -0.139. The van der Waals surface area contributed by atoms with Gasteiger partial charge in [-0.15, -0.1) is 0 Å². The second kappa shape index (κ2) is 6.52. The van der Waals surface area contributed by atoms with Gasteiger partial charge in [0.25, 0.3) is 0 Å². The van der Waals surface area contributed by atoms with Gasteiger partial charge in [-0.3, -0.25) is 14.5 Å². The van der Waals surface area contributed by atoms with Crippen LogP contribution in [0.3, 0.4) is 0 Å². The van der Waals surface area contributed by atoms with Crippen molar-refractivity contribution in [2.75, 3.05) is 6.54 Å². The zero-order chi connectivity index (χ0) is 14.5. The summed E-state index contributed by atoms with van der Waals surface area (Å²) in [6, 6.07) is 7.39. The van der Waals surface area contributed by atoms with Gasteiger partial charge in [0.2, 0.25) is 5.91 Å². The molecule has 0 spiro atoms. The molecule has 1 aromatic carbocycles. The number of carbonyl (C=O) groups excluding carboxylic acids is 1. The molecule has 1 fully saturated rings. The summed E-state index contributed by atoms with van der Waals surface area (Å²) < 4.78 is 0. The average Bonchev–Trinajstić information content (AvgIpc) is 2.92. The summed E-state index contributed by atoms with van der Waals surface area (Å²) in [5.74, 6) is -1.25. The molecule has 0 bridgehead atoms. The number of nitrogens with zero attached hydrogens (tertiary/aromatic N) is 1. The smallest absolute Gasteiger partial charge is 0.317 e. The number of carboxylic acids is 1. The van der Waals surface area contributed by atoms with Crippen molar-refractivity contribution >= 4 is 11.9 Å². The Kier molecular flexibility index (Phi) is 4.74. The largest absolute Gasteiger partial charge is 0.480 e. The first-order valence-corrected chi connectivity index (χ1v) is 6.91. The van der Waals surface area contributed by atoms with E-state index in [1.807, 2.05) is 17.0 Å². The van der Waals surface area contributed by atoms with E-state index in [1.54, 1.807) is 12.1 Å². The lowest BCUT2D eigenvalue weighted by Crippen LogP contribution is -2.37. The number of nitrogens with two attached hydrogens (primary N) is 1. The number of aliphatic carboxylic acids is 1. The predicted octanol–water partition coefficient (Wildman–Crippen LogP) is 1.61. The van der Waals surface area contributed by atoms with Crippen LogP contribution < -0.4 is 5.73 Å². The van der Waals surface area contributed by atoms with E-state index in [2.05, 4.69) is 0 Å². The number of carbonyl (C=O) groups is 2. The molecule has 1 amide bonds. The van der Waals surface area contributed by atoms with Gasteiger partial charge in [-0.25, -0.2) is 0 Å². The first kappa shape index (κ1) is 14.5.